The number of nitrogens with zero attached hydrogens (tertiary/aromatic N) is 5. The van der Waals surface area contributed by atoms with Crippen LogP contribution >= 0.6 is 11.3 Å². The highest BCUT2D eigenvalue weighted by molar-refractivity contribution is 7.92. The summed E-state index contributed by atoms with van der Waals surface area (Å²) in [7, 11) is -1.46. The number of nitrogens with one attached hydrogen (secondary N) is 1. The monoisotopic (exact) mass is 579 g/mol. The Balaban J connectivity index is 1.52. The first kappa shape index (κ1) is 26.4. The number of sulfonamides is 1. The zero-order chi connectivity index (χ0) is 28.4. The molecule has 2 aliphatic rings. The van der Waals surface area contributed by atoms with E-state index in [0.717, 1.165) is 33.1 Å². The maximum Gasteiger partial charge on any atom is 0.332 e. The standard InChI is InChI=1S/C25H24BN6O6S2/c1-25(5-6-25)32(26-14-33)40(37,38)21-9-18-22(35)30(13-16-10-27-29(2)11-16)24(36)31(23(18)39-21)12-15-3-4-19-17(7-15)8-20(34)28-19/h3-4,7,9-11,14H,5-6,8,12-13H2,1-2H3,(H,28,34). The van der Waals surface area contributed by atoms with Gasteiger partial charge in [-0.3, -0.25) is 23.4 Å². The minimum Gasteiger partial charge on any atom is -0.326 e. The van der Waals surface area contributed by atoms with Crippen LogP contribution in [0.5, 0.6) is 0 Å². The first-order chi connectivity index (χ1) is 19.0. The van der Waals surface area contributed by atoms with E-state index in [1.54, 1.807) is 43.2 Å². The summed E-state index contributed by atoms with van der Waals surface area (Å²) in [6.45, 7) is 1.75. The molecular weight excluding hydrogens is 555 g/mol. The molecule has 1 aliphatic carbocycles. The Bertz CT molecular complexity index is 1930. The molecule has 205 valence electrons. The minimum absolute atomic E-state index is 0.0476. The molecule has 1 N–H and O–H groups in total. The summed E-state index contributed by atoms with van der Waals surface area (Å²) in [5.41, 5.74) is 0.902. The van der Waals surface area contributed by atoms with Crippen molar-refractivity contribution in [2.75, 3.05) is 5.32 Å². The molecule has 15 heteroatoms. The van der Waals surface area contributed by atoms with Crippen LogP contribution in [-0.4, -0.2) is 56.6 Å². The fraction of sp³-hybridized carbons (Fsp3) is 0.320. The van der Waals surface area contributed by atoms with Crippen molar-refractivity contribution in [1.82, 2.24) is 23.1 Å². The van der Waals surface area contributed by atoms with Gasteiger partial charge in [-0.15, -0.1) is 11.3 Å². The third-order valence-corrected chi connectivity index (χ3v) is 10.9. The maximum absolute atomic E-state index is 13.8. The number of amides is 1. The Hall–Kier alpha value is -3.82. The van der Waals surface area contributed by atoms with Crippen LogP contribution in [0.3, 0.4) is 0 Å². The van der Waals surface area contributed by atoms with E-state index in [9.17, 15) is 27.6 Å². The molecule has 0 spiro atoms. The number of benzene rings is 1. The second-order valence-electron chi connectivity index (χ2n) is 10.4. The Morgan fingerprint density at radius 2 is 1.90 bits per heavy atom. The topological polar surface area (TPSA) is 145 Å². The smallest absolute Gasteiger partial charge is 0.326 e. The average Bonchev–Trinajstić information content (AvgIpc) is 3.25. The molecule has 6 rings (SSSR count). The second kappa shape index (κ2) is 9.39. The van der Waals surface area contributed by atoms with E-state index in [2.05, 4.69) is 10.4 Å². The number of rotatable bonds is 9. The number of hydrogen-bond acceptors (Lipinski definition) is 8. The molecule has 1 radical (unpaired) electrons. The van der Waals surface area contributed by atoms with Gasteiger partial charge in [0, 0.05) is 30.0 Å². The van der Waals surface area contributed by atoms with Crippen LogP contribution in [-0.2, 0) is 46.2 Å². The predicted octanol–water partition coefficient (Wildman–Crippen LogP) is 0.902. The zero-order valence-electron chi connectivity index (χ0n) is 21.7. The largest absolute Gasteiger partial charge is 0.332 e. The van der Waals surface area contributed by atoms with Crippen LogP contribution in [0.2, 0.25) is 0 Å². The molecule has 4 heterocycles. The number of anilines is 1. The lowest BCUT2D eigenvalue weighted by Gasteiger charge is -2.25. The van der Waals surface area contributed by atoms with Gasteiger partial charge in [0.05, 0.1) is 37.3 Å². The normalized spacial score (nSPS) is 15.8. The van der Waals surface area contributed by atoms with E-state index in [1.807, 2.05) is 6.07 Å². The molecule has 4 aromatic rings. The molecule has 3 aromatic heterocycles. The van der Waals surface area contributed by atoms with Crippen LogP contribution in [0.25, 0.3) is 10.2 Å². The molecule has 12 nitrogen and oxygen atoms in total. The summed E-state index contributed by atoms with van der Waals surface area (Å²) in [6.07, 6.45) is 5.09. The summed E-state index contributed by atoms with van der Waals surface area (Å²) < 4.78 is 32.3. The second-order valence-corrected chi connectivity index (χ2v) is 13.4. The third kappa shape index (κ3) is 4.43. The van der Waals surface area contributed by atoms with Gasteiger partial charge in [0.1, 0.15) is 9.04 Å². The number of thiophene rings is 1. The maximum atomic E-state index is 13.8. The molecule has 40 heavy (non-hydrogen) atoms. The molecule has 1 saturated carbocycles. The Morgan fingerprint density at radius 1 is 1.15 bits per heavy atom. The number of carbonyl (C=O) groups excluding carboxylic acids is 2. The lowest BCUT2D eigenvalue weighted by Crippen LogP contribution is -2.43. The fourth-order valence-corrected chi connectivity index (χ4v) is 8.20. The molecule has 1 aliphatic heterocycles. The number of fused-ring (bicyclic) bond motifs is 2. The molecule has 0 bridgehead atoms. The lowest BCUT2D eigenvalue weighted by atomic mass is 9.96. The summed E-state index contributed by atoms with van der Waals surface area (Å²) in [6, 6.07) is 6.65. The summed E-state index contributed by atoms with van der Waals surface area (Å²) in [5, 5.41) is 6.97. The first-order valence-corrected chi connectivity index (χ1v) is 14.8. The van der Waals surface area contributed by atoms with E-state index >= 15 is 0 Å². The summed E-state index contributed by atoms with van der Waals surface area (Å²) >= 11 is 0.823. The van der Waals surface area contributed by atoms with E-state index in [1.165, 1.54) is 10.6 Å². The van der Waals surface area contributed by atoms with Gasteiger partial charge in [-0.2, -0.15) is 5.10 Å². The highest BCUT2D eigenvalue weighted by Gasteiger charge is 2.49. The number of aryl methyl sites for hydroxylation is 1. The van der Waals surface area contributed by atoms with Crippen LogP contribution in [0.1, 0.15) is 36.5 Å². The third-order valence-electron chi connectivity index (χ3n) is 7.32. The van der Waals surface area contributed by atoms with Gasteiger partial charge in [-0.25, -0.2) is 17.4 Å². The molecule has 0 saturated heterocycles. The van der Waals surface area contributed by atoms with E-state index < -0.39 is 26.8 Å². The van der Waals surface area contributed by atoms with Crippen LogP contribution < -0.4 is 16.6 Å². The zero-order valence-corrected chi connectivity index (χ0v) is 23.3. The summed E-state index contributed by atoms with van der Waals surface area (Å²) in [4.78, 5) is 50.8. The van der Waals surface area contributed by atoms with Gasteiger partial charge in [-0.1, -0.05) is 12.1 Å². The van der Waals surface area contributed by atoms with Crippen molar-refractivity contribution in [3.8, 4) is 0 Å². The average molecular weight is 579 g/mol. The van der Waals surface area contributed by atoms with Gasteiger partial charge >= 0.3 is 13.1 Å². The number of carbonyl (C=O) groups is 2. The van der Waals surface area contributed by atoms with Crippen molar-refractivity contribution < 1.29 is 18.0 Å². The van der Waals surface area contributed by atoms with Crippen molar-refractivity contribution in [2.45, 2.75) is 49.0 Å². The van der Waals surface area contributed by atoms with Crippen molar-refractivity contribution in [2.24, 2.45) is 7.05 Å². The fourth-order valence-electron chi connectivity index (χ4n) is 4.99. The van der Waals surface area contributed by atoms with Crippen LogP contribution in [0.15, 0.2) is 50.5 Å². The van der Waals surface area contributed by atoms with Gasteiger partial charge in [0.25, 0.3) is 5.56 Å². The molecule has 1 aromatic carbocycles. The van der Waals surface area contributed by atoms with E-state index in [-0.39, 0.29) is 39.8 Å². The van der Waals surface area contributed by atoms with E-state index in [0.29, 0.717) is 35.8 Å². The summed E-state index contributed by atoms with van der Waals surface area (Å²) in [5.74, 6) is -0.120. The SMILES string of the molecule is Cn1cc(Cn2c(=O)c3cc(S(=O)(=O)N([B]C=O)C4(C)CC4)sc3n(Cc3ccc4c(c3)CC(=O)N4)c2=O)cn1. The quantitative estimate of drug-likeness (QED) is 0.229. The van der Waals surface area contributed by atoms with E-state index in [4.69, 9.17) is 0 Å². The Morgan fingerprint density at radius 3 is 2.58 bits per heavy atom. The molecule has 1 amide bonds. The number of aromatic nitrogens is 4. The minimum atomic E-state index is -4.18. The van der Waals surface area contributed by atoms with Gasteiger partial charge in [0.2, 0.25) is 15.9 Å². The Kier molecular flexibility index (Phi) is 6.20. The molecule has 1 fully saturated rings. The van der Waals surface area contributed by atoms with Gasteiger partial charge < -0.3 is 10.1 Å². The van der Waals surface area contributed by atoms with Gasteiger partial charge in [0.15, 0.2) is 0 Å². The highest BCUT2D eigenvalue weighted by Crippen LogP contribution is 2.44. The first-order valence-electron chi connectivity index (χ1n) is 12.5. The predicted molar refractivity (Wildman–Crippen MR) is 150 cm³/mol. The van der Waals surface area contributed by atoms with Gasteiger partial charge in [-0.05, 0) is 43.0 Å². The highest BCUT2D eigenvalue weighted by atomic mass is 32.2. The Labute approximate surface area is 233 Å². The van der Waals surface area contributed by atoms with Crippen molar-refractivity contribution >= 4 is 56.8 Å². The van der Waals surface area contributed by atoms with Crippen LogP contribution in [0, 0.1) is 0 Å². The lowest BCUT2D eigenvalue weighted by molar-refractivity contribution is -0.115. The molecular formula is C25H24BN6O6S2. The van der Waals surface area contributed by atoms with Crippen LogP contribution in [0.4, 0.5) is 5.69 Å². The van der Waals surface area contributed by atoms with Crippen molar-refractivity contribution in [3.63, 3.8) is 0 Å². The van der Waals surface area contributed by atoms with Crippen molar-refractivity contribution in [1.29, 1.82) is 0 Å². The van der Waals surface area contributed by atoms with Crippen molar-refractivity contribution in [3.05, 3.63) is 74.2 Å². The molecule has 0 atom stereocenters. The molecule has 0 unspecified atom stereocenters. The number of hydrogen-bond donors (Lipinski definition) is 1.